The zero-order valence-corrected chi connectivity index (χ0v) is 15.3. The van der Waals surface area contributed by atoms with Crippen molar-refractivity contribution < 1.29 is 4.74 Å². The summed E-state index contributed by atoms with van der Waals surface area (Å²) in [6.07, 6.45) is 11.4. The Hall–Kier alpha value is -1.79. The number of pyridine rings is 1. The van der Waals surface area contributed by atoms with E-state index >= 15 is 0 Å². The zero-order valence-electron chi connectivity index (χ0n) is 15.3. The second-order valence-electron chi connectivity index (χ2n) is 8.01. The van der Waals surface area contributed by atoms with Gasteiger partial charge in [0.15, 0.2) is 0 Å². The predicted octanol–water partition coefficient (Wildman–Crippen LogP) is 2.75. The Morgan fingerprint density at radius 1 is 1.19 bits per heavy atom. The minimum absolute atomic E-state index is 0.244. The van der Waals surface area contributed by atoms with Crippen LogP contribution in [0.25, 0.3) is 0 Å². The van der Waals surface area contributed by atoms with Gasteiger partial charge in [-0.25, -0.2) is 4.68 Å². The Kier molecular flexibility index (Phi) is 4.46. The maximum Gasteiger partial charge on any atom is 0.105 e. The van der Waals surface area contributed by atoms with Crippen molar-refractivity contribution in [3.8, 4) is 0 Å². The van der Waals surface area contributed by atoms with Crippen LogP contribution in [0.15, 0.2) is 24.5 Å². The summed E-state index contributed by atoms with van der Waals surface area (Å²) in [6, 6.07) is 4.97. The highest BCUT2D eigenvalue weighted by atomic mass is 16.5. The molecule has 2 aromatic heterocycles. The number of hydrogen-bond donors (Lipinski definition) is 0. The average molecular weight is 353 g/mol. The molecule has 2 fully saturated rings. The number of ether oxygens (including phenoxy) is 1. The van der Waals surface area contributed by atoms with Gasteiger partial charge in [-0.15, -0.1) is 5.10 Å². The van der Waals surface area contributed by atoms with Crippen LogP contribution in [0.3, 0.4) is 0 Å². The summed E-state index contributed by atoms with van der Waals surface area (Å²) in [4.78, 5) is 6.80. The maximum absolute atomic E-state index is 6.11. The van der Waals surface area contributed by atoms with Crippen molar-refractivity contribution in [3.05, 3.63) is 41.5 Å². The van der Waals surface area contributed by atoms with Crippen molar-refractivity contribution in [2.24, 2.45) is 5.92 Å². The zero-order chi connectivity index (χ0) is 17.3. The summed E-state index contributed by atoms with van der Waals surface area (Å²) >= 11 is 0. The van der Waals surface area contributed by atoms with Gasteiger partial charge in [0.25, 0.3) is 0 Å². The van der Waals surface area contributed by atoms with E-state index in [1.807, 2.05) is 12.3 Å². The lowest BCUT2D eigenvalue weighted by molar-refractivity contribution is 0.00193. The molecule has 0 saturated heterocycles. The van der Waals surface area contributed by atoms with Crippen molar-refractivity contribution in [2.75, 3.05) is 13.2 Å². The lowest BCUT2D eigenvalue weighted by Gasteiger charge is -2.44. The van der Waals surface area contributed by atoms with Crippen molar-refractivity contribution >= 4 is 0 Å². The van der Waals surface area contributed by atoms with E-state index in [9.17, 15) is 0 Å². The van der Waals surface area contributed by atoms with Gasteiger partial charge in [-0.05, 0) is 43.2 Å². The van der Waals surface area contributed by atoms with Gasteiger partial charge >= 0.3 is 0 Å². The van der Waals surface area contributed by atoms with Gasteiger partial charge in [-0.1, -0.05) is 17.7 Å². The third-order valence-corrected chi connectivity index (χ3v) is 6.13. The smallest absolute Gasteiger partial charge is 0.105 e. The molecule has 2 aliphatic carbocycles. The monoisotopic (exact) mass is 353 g/mol. The van der Waals surface area contributed by atoms with Crippen molar-refractivity contribution in [1.82, 2.24) is 24.9 Å². The summed E-state index contributed by atoms with van der Waals surface area (Å²) in [6.45, 7) is 3.44. The number of hydrogen-bond acceptors (Lipinski definition) is 5. The Morgan fingerprint density at radius 3 is 2.85 bits per heavy atom. The minimum Gasteiger partial charge on any atom is -0.375 e. The number of rotatable bonds is 7. The number of nitrogens with zero attached hydrogens (tertiary/aromatic N) is 5. The molecule has 0 radical (unpaired) electrons. The predicted molar refractivity (Wildman–Crippen MR) is 97.4 cm³/mol. The van der Waals surface area contributed by atoms with Crippen LogP contribution in [0.4, 0.5) is 0 Å². The highest BCUT2D eigenvalue weighted by Crippen LogP contribution is 2.37. The second-order valence-corrected chi connectivity index (χ2v) is 8.01. The van der Waals surface area contributed by atoms with Crippen LogP contribution in [0, 0.1) is 5.92 Å². The molecule has 6 heteroatoms. The normalized spacial score (nSPS) is 23.6. The number of aromatic nitrogens is 4. The molecule has 0 unspecified atom stereocenters. The molecule has 6 nitrogen and oxygen atoms in total. The molecule has 0 spiro atoms. The average Bonchev–Trinajstić information content (AvgIpc) is 3.35. The standard InChI is InChI=1S/C20H27N5O/c1-4-17(5-1)24-10-8-18-20(22-23-25(18)12-15-6-7-15)19(24)14-26-13-16-3-2-9-21-11-16/h2-3,9,11,15,17,19H,1,4-8,10,12-14H2/t19-/m0/s1. The van der Waals surface area contributed by atoms with Gasteiger partial charge in [-0.3, -0.25) is 9.88 Å². The topological polar surface area (TPSA) is 56.1 Å². The van der Waals surface area contributed by atoms with Crippen molar-refractivity contribution in [3.63, 3.8) is 0 Å². The van der Waals surface area contributed by atoms with E-state index in [4.69, 9.17) is 4.74 Å². The Bertz CT molecular complexity index is 738. The van der Waals surface area contributed by atoms with Gasteiger partial charge in [0.1, 0.15) is 5.69 Å². The molecule has 138 valence electrons. The maximum atomic E-state index is 6.11. The molecule has 1 atom stereocenters. The van der Waals surface area contributed by atoms with Crippen LogP contribution in [0.2, 0.25) is 0 Å². The van der Waals surface area contributed by atoms with Crippen LogP contribution in [0.1, 0.15) is 55.1 Å². The molecular weight excluding hydrogens is 326 g/mol. The van der Waals surface area contributed by atoms with Crippen LogP contribution in [0.5, 0.6) is 0 Å². The molecule has 3 aliphatic rings. The molecule has 0 bridgehead atoms. The second kappa shape index (κ2) is 7.08. The SMILES string of the molecule is c1cncc(COC[C@H]2c3nnn(CC4CC4)c3CCN2C2CCC2)c1. The van der Waals surface area contributed by atoms with Crippen LogP contribution in [-0.4, -0.2) is 44.1 Å². The molecule has 0 aromatic carbocycles. The molecule has 0 amide bonds. The minimum atomic E-state index is 0.244. The van der Waals surface area contributed by atoms with Gasteiger partial charge in [0.05, 0.1) is 24.9 Å². The van der Waals surface area contributed by atoms with E-state index in [2.05, 4.69) is 30.9 Å². The van der Waals surface area contributed by atoms with Gasteiger partial charge in [0, 0.05) is 37.9 Å². The Labute approximate surface area is 154 Å². The van der Waals surface area contributed by atoms with Crippen LogP contribution in [-0.2, 0) is 24.3 Å². The molecular formula is C20H27N5O. The highest BCUT2D eigenvalue weighted by molar-refractivity contribution is 5.20. The lowest BCUT2D eigenvalue weighted by Crippen LogP contribution is -2.47. The van der Waals surface area contributed by atoms with E-state index in [0.717, 1.165) is 36.7 Å². The first-order chi connectivity index (χ1) is 12.9. The van der Waals surface area contributed by atoms with Crippen molar-refractivity contribution in [1.29, 1.82) is 0 Å². The van der Waals surface area contributed by atoms with Gasteiger partial charge in [-0.2, -0.15) is 0 Å². The molecule has 26 heavy (non-hydrogen) atoms. The van der Waals surface area contributed by atoms with Gasteiger partial charge in [0.2, 0.25) is 0 Å². The molecule has 0 N–H and O–H groups in total. The summed E-state index contributed by atoms with van der Waals surface area (Å²) in [5.41, 5.74) is 3.63. The Morgan fingerprint density at radius 2 is 2.12 bits per heavy atom. The highest BCUT2D eigenvalue weighted by Gasteiger charge is 2.38. The number of fused-ring (bicyclic) bond motifs is 1. The fraction of sp³-hybridized carbons (Fsp3) is 0.650. The summed E-state index contributed by atoms with van der Waals surface area (Å²) in [7, 11) is 0. The summed E-state index contributed by atoms with van der Waals surface area (Å²) < 4.78 is 8.29. The van der Waals surface area contributed by atoms with E-state index in [1.54, 1.807) is 6.20 Å². The molecule has 3 heterocycles. The van der Waals surface area contributed by atoms with Crippen molar-refractivity contribution in [2.45, 2.75) is 63.8 Å². The fourth-order valence-electron chi connectivity index (χ4n) is 4.20. The van der Waals surface area contributed by atoms with Crippen LogP contribution < -0.4 is 0 Å². The third kappa shape index (κ3) is 3.28. The first kappa shape index (κ1) is 16.4. The van der Waals surface area contributed by atoms with E-state index in [-0.39, 0.29) is 6.04 Å². The summed E-state index contributed by atoms with van der Waals surface area (Å²) in [5.74, 6) is 0.825. The van der Waals surface area contributed by atoms with E-state index in [0.29, 0.717) is 19.3 Å². The largest absolute Gasteiger partial charge is 0.375 e. The lowest BCUT2D eigenvalue weighted by atomic mass is 9.88. The summed E-state index contributed by atoms with van der Waals surface area (Å²) in [5, 5.41) is 9.12. The van der Waals surface area contributed by atoms with Gasteiger partial charge < -0.3 is 4.74 Å². The van der Waals surface area contributed by atoms with E-state index in [1.165, 1.54) is 37.8 Å². The van der Waals surface area contributed by atoms with E-state index < -0.39 is 0 Å². The first-order valence-corrected chi connectivity index (χ1v) is 10.0. The molecule has 2 aromatic rings. The fourth-order valence-corrected chi connectivity index (χ4v) is 4.20. The molecule has 1 aliphatic heterocycles. The Balaban J connectivity index is 1.32. The third-order valence-electron chi connectivity index (χ3n) is 6.13. The molecule has 2 saturated carbocycles. The van der Waals surface area contributed by atoms with Crippen LogP contribution >= 0.6 is 0 Å². The first-order valence-electron chi connectivity index (χ1n) is 10.0. The quantitative estimate of drug-likeness (QED) is 0.766. The molecule has 5 rings (SSSR count).